The van der Waals surface area contributed by atoms with Crippen LogP contribution in [0.15, 0.2) is 0 Å². The van der Waals surface area contributed by atoms with E-state index in [1.807, 2.05) is 0 Å². The van der Waals surface area contributed by atoms with Crippen LogP contribution in [0.3, 0.4) is 0 Å². The van der Waals surface area contributed by atoms with Crippen molar-refractivity contribution in [3.8, 4) is 0 Å². The van der Waals surface area contributed by atoms with E-state index in [4.69, 9.17) is 0 Å². The lowest BCUT2D eigenvalue weighted by Gasteiger charge is -2.58. The maximum atomic E-state index is 2.57. The fourth-order valence-corrected chi connectivity index (χ4v) is 6.28. The highest BCUT2D eigenvalue weighted by molar-refractivity contribution is 5.17. The zero-order chi connectivity index (χ0) is 11.8. The molecule has 0 amide bonds. The minimum Gasteiger partial charge on any atom is -0.0622 e. The van der Waals surface area contributed by atoms with Gasteiger partial charge in [0.05, 0.1) is 0 Å². The van der Waals surface area contributed by atoms with Crippen LogP contribution in [0.1, 0.15) is 66.7 Å². The Labute approximate surface area is 101 Å². The van der Waals surface area contributed by atoms with Gasteiger partial charge in [0.2, 0.25) is 0 Å². The van der Waals surface area contributed by atoms with Crippen molar-refractivity contribution in [1.82, 2.24) is 0 Å². The fourth-order valence-electron chi connectivity index (χ4n) is 6.28. The Morgan fingerprint density at radius 3 is 2.25 bits per heavy atom. The summed E-state index contributed by atoms with van der Waals surface area (Å²) in [5.74, 6) is 2.99. The van der Waals surface area contributed by atoms with Crippen molar-refractivity contribution in [1.29, 1.82) is 0 Å². The van der Waals surface area contributed by atoms with Gasteiger partial charge in [-0.3, -0.25) is 0 Å². The van der Waals surface area contributed by atoms with E-state index in [2.05, 4.69) is 34.6 Å². The number of fused-ring (bicyclic) bond motifs is 1. The second-order valence-electron chi connectivity index (χ2n) is 8.29. The molecule has 0 nitrogen and oxygen atoms in total. The monoisotopic (exact) mass is 220 g/mol. The van der Waals surface area contributed by atoms with E-state index < -0.39 is 0 Å². The molecule has 3 aliphatic rings. The minimum atomic E-state index is 0.604. The summed E-state index contributed by atoms with van der Waals surface area (Å²) in [6.45, 7) is 12.8. The Morgan fingerprint density at radius 2 is 1.62 bits per heavy atom. The first-order valence-corrected chi connectivity index (χ1v) is 7.31. The second-order valence-corrected chi connectivity index (χ2v) is 8.29. The number of rotatable bonds is 0. The van der Waals surface area contributed by atoms with Gasteiger partial charge in [0, 0.05) is 0 Å². The molecule has 0 heteroatoms. The lowest BCUT2D eigenvalue weighted by Crippen LogP contribution is -2.51. The molecular weight excluding hydrogens is 192 g/mol. The van der Waals surface area contributed by atoms with Crippen LogP contribution < -0.4 is 0 Å². The first kappa shape index (κ1) is 11.1. The van der Waals surface area contributed by atoms with Crippen molar-refractivity contribution in [2.45, 2.75) is 66.7 Å². The molecule has 2 bridgehead atoms. The topological polar surface area (TPSA) is 0 Å². The Morgan fingerprint density at radius 1 is 0.938 bits per heavy atom. The van der Waals surface area contributed by atoms with Crippen LogP contribution in [0.2, 0.25) is 0 Å². The largest absolute Gasteiger partial charge is 0.0622 e. The van der Waals surface area contributed by atoms with Gasteiger partial charge < -0.3 is 0 Å². The van der Waals surface area contributed by atoms with Gasteiger partial charge in [0.1, 0.15) is 0 Å². The molecule has 3 fully saturated rings. The Hall–Kier alpha value is 0. The molecule has 0 radical (unpaired) electrons. The van der Waals surface area contributed by atoms with Gasteiger partial charge in [-0.05, 0) is 66.1 Å². The predicted molar refractivity (Wildman–Crippen MR) is 69.2 cm³/mol. The van der Waals surface area contributed by atoms with E-state index in [-0.39, 0.29) is 0 Å². The van der Waals surface area contributed by atoms with Crippen LogP contribution in [0.5, 0.6) is 0 Å². The lowest BCUT2D eigenvalue weighted by atomic mass is 9.46. The lowest BCUT2D eigenvalue weighted by molar-refractivity contribution is -0.0951. The standard InChI is InChI=1S/C16H28/c1-11-6-8-14(2,3)16-9-7-12(10-16)15(4,5)13(11)16/h11-13H,6-10H2,1-5H3. The maximum absolute atomic E-state index is 2.57. The van der Waals surface area contributed by atoms with Gasteiger partial charge in [-0.25, -0.2) is 0 Å². The zero-order valence-corrected chi connectivity index (χ0v) is 11.8. The van der Waals surface area contributed by atoms with Gasteiger partial charge in [-0.15, -0.1) is 0 Å². The molecule has 92 valence electrons. The molecule has 0 aliphatic heterocycles. The first-order valence-electron chi connectivity index (χ1n) is 7.31. The van der Waals surface area contributed by atoms with Gasteiger partial charge >= 0.3 is 0 Å². The summed E-state index contributed by atoms with van der Waals surface area (Å²) in [5.41, 5.74) is 1.93. The van der Waals surface area contributed by atoms with Crippen LogP contribution in [0.25, 0.3) is 0 Å². The maximum Gasteiger partial charge on any atom is -0.0207 e. The van der Waals surface area contributed by atoms with Gasteiger partial charge in [0.25, 0.3) is 0 Å². The quantitative estimate of drug-likeness (QED) is 0.545. The van der Waals surface area contributed by atoms with Crippen LogP contribution in [0, 0.1) is 34.0 Å². The molecule has 4 unspecified atom stereocenters. The Kier molecular flexibility index (Phi) is 1.99. The summed E-state index contributed by atoms with van der Waals surface area (Å²) in [6.07, 6.45) is 7.52. The third-order valence-corrected chi connectivity index (χ3v) is 7.14. The zero-order valence-electron chi connectivity index (χ0n) is 11.8. The van der Waals surface area contributed by atoms with E-state index >= 15 is 0 Å². The van der Waals surface area contributed by atoms with Gasteiger partial charge in [-0.2, -0.15) is 0 Å². The number of hydrogen-bond donors (Lipinski definition) is 0. The van der Waals surface area contributed by atoms with E-state index in [0.29, 0.717) is 16.2 Å². The SMILES string of the molecule is CC1CCC(C)(C)C23CCC(C2)C(C)(C)C13. The molecule has 16 heavy (non-hydrogen) atoms. The van der Waals surface area contributed by atoms with Crippen LogP contribution >= 0.6 is 0 Å². The minimum absolute atomic E-state index is 0.604. The third-order valence-electron chi connectivity index (χ3n) is 7.14. The van der Waals surface area contributed by atoms with Crippen molar-refractivity contribution in [3.05, 3.63) is 0 Å². The molecule has 0 N–H and O–H groups in total. The summed E-state index contributed by atoms with van der Waals surface area (Å²) in [5, 5.41) is 0. The summed E-state index contributed by atoms with van der Waals surface area (Å²) in [7, 11) is 0. The summed E-state index contributed by atoms with van der Waals surface area (Å²) in [6, 6.07) is 0. The molecule has 0 heterocycles. The van der Waals surface area contributed by atoms with Gasteiger partial charge in [-0.1, -0.05) is 34.6 Å². The average Bonchev–Trinajstić information content (AvgIpc) is 2.67. The molecular formula is C16H28. The summed E-state index contributed by atoms with van der Waals surface area (Å²) < 4.78 is 0. The van der Waals surface area contributed by atoms with Crippen molar-refractivity contribution >= 4 is 0 Å². The second kappa shape index (κ2) is 2.87. The van der Waals surface area contributed by atoms with Crippen molar-refractivity contribution in [2.24, 2.45) is 34.0 Å². The smallest absolute Gasteiger partial charge is 0.0207 e. The van der Waals surface area contributed by atoms with E-state index in [1.165, 1.54) is 25.7 Å². The van der Waals surface area contributed by atoms with Crippen molar-refractivity contribution < 1.29 is 0 Å². The average molecular weight is 220 g/mol. The molecule has 3 aliphatic carbocycles. The number of hydrogen-bond acceptors (Lipinski definition) is 0. The van der Waals surface area contributed by atoms with Gasteiger partial charge in [0.15, 0.2) is 0 Å². The van der Waals surface area contributed by atoms with Crippen LogP contribution in [-0.4, -0.2) is 0 Å². The normalized spacial score (nSPS) is 52.7. The highest BCUT2D eigenvalue weighted by Crippen LogP contribution is 2.76. The highest BCUT2D eigenvalue weighted by atomic mass is 14.7. The fraction of sp³-hybridized carbons (Fsp3) is 1.00. The Balaban J connectivity index is 2.10. The molecule has 3 rings (SSSR count). The molecule has 4 atom stereocenters. The molecule has 0 aromatic heterocycles. The van der Waals surface area contributed by atoms with Crippen LogP contribution in [0.4, 0.5) is 0 Å². The van der Waals surface area contributed by atoms with Crippen LogP contribution in [-0.2, 0) is 0 Å². The molecule has 3 saturated carbocycles. The summed E-state index contributed by atoms with van der Waals surface area (Å²) >= 11 is 0. The molecule has 0 aromatic carbocycles. The molecule has 0 saturated heterocycles. The molecule has 0 aromatic rings. The predicted octanol–water partition coefficient (Wildman–Crippen LogP) is 4.89. The Bertz CT molecular complexity index is 310. The third kappa shape index (κ3) is 1.03. The molecule has 1 spiro atoms. The van der Waals surface area contributed by atoms with Crippen molar-refractivity contribution in [2.75, 3.05) is 0 Å². The first-order chi connectivity index (χ1) is 7.31. The van der Waals surface area contributed by atoms with E-state index in [0.717, 1.165) is 17.8 Å². The van der Waals surface area contributed by atoms with Crippen molar-refractivity contribution in [3.63, 3.8) is 0 Å². The highest BCUT2D eigenvalue weighted by Gasteiger charge is 2.68. The van der Waals surface area contributed by atoms with E-state index in [1.54, 1.807) is 6.42 Å². The summed E-state index contributed by atoms with van der Waals surface area (Å²) in [4.78, 5) is 0. The van der Waals surface area contributed by atoms with E-state index in [9.17, 15) is 0 Å².